The predicted octanol–water partition coefficient (Wildman–Crippen LogP) is 0.0284. The van der Waals surface area contributed by atoms with Crippen molar-refractivity contribution < 1.29 is 28.5 Å². The number of fused-ring (bicyclic) bond motifs is 5. The van der Waals surface area contributed by atoms with Crippen molar-refractivity contribution in [2.75, 3.05) is 0 Å². The van der Waals surface area contributed by atoms with Gasteiger partial charge in [-0.15, -0.1) is 0 Å². The molecule has 3 aromatic rings. The van der Waals surface area contributed by atoms with E-state index in [4.69, 9.17) is 0 Å². The van der Waals surface area contributed by atoms with E-state index in [9.17, 15) is 0 Å². The Morgan fingerprint density at radius 3 is 2.79 bits per heavy atom. The molecule has 0 fully saturated rings. The third kappa shape index (κ3) is 1.95. The van der Waals surface area contributed by atoms with Gasteiger partial charge in [-0.05, 0) is 37.3 Å². The van der Waals surface area contributed by atoms with E-state index < -0.39 is 0 Å². The minimum Gasteiger partial charge on any atom is -1.00 e. The minimum absolute atomic E-state index is 0. The normalized spacial score (nSPS) is 14.4. The molecular formula is C16H17IN2. The summed E-state index contributed by atoms with van der Waals surface area (Å²) in [4.78, 5) is 3.67. The summed E-state index contributed by atoms with van der Waals surface area (Å²) < 4.78 is 2.11. The molecule has 1 N–H and O–H groups in total. The van der Waals surface area contributed by atoms with Gasteiger partial charge in [0.15, 0.2) is 12.4 Å². The molecule has 1 aliphatic rings. The maximum Gasteiger partial charge on any atom is 0.176 e. The number of rotatable bonds is 0. The van der Waals surface area contributed by atoms with Crippen LogP contribution in [0.4, 0.5) is 0 Å². The molecule has 0 aliphatic heterocycles. The lowest BCUT2D eigenvalue weighted by Gasteiger charge is -2.10. The Morgan fingerprint density at radius 1 is 1.05 bits per heavy atom. The molecule has 0 spiro atoms. The van der Waals surface area contributed by atoms with E-state index in [0.29, 0.717) is 0 Å². The van der Waals surface area contributed by atoms with E-state index in [1.54, 1.807) is 5.56 Å². The van der Waals surface area contributed by atoms with Crippen molar-refractivity contribution in [1.29, 1.82) is 0 Å². The van der Waals surface area contributed by atoms with Crippen LogP contribution in [-0.4, -0.2) is 4.98 Å². The van der Waals surface area contributed by atoms with Crippen LogP contribution >= 0.6 is 0 Å². The summed E-state index contributed by atoms with van der Waals surface area (Å²) in [7, 11) is 2.07. The number of pyridine rings is 1. The van der Waals surface area contributed by atoms with Crippen molar-refractivity contribution in [3.8, 4) is 0 Å². The number of nitrogens with one attached hydrogen (secondary N) is 1. The van der Waals surface area contributed by atoms with Gasteiger partial charge in [-0.2, -0.15) is 0 Å². The van der Waals surface area contributed by atoms with Crippen LogP contribution in [0.5, 0.6) is 0 Å². The monoisotopic (exact) mass is 364 g/mol. The predicted molar refractivity (Wildman–Crippen MR) is 73.6 cm³/mol. The van der Waals surface area contributed by atoms with Gasteiger partial charge in [-0.3, -0.25) is 0 Å². The van der Waals surface area contributed by atoms with E-state index in [1.807, 2.05) is 0 Å². The fourth-order valence-electron chi connectivity index (χ4n) is 3.26. The van der Waals surface area contributed by atoms with Gasteiger partial charge in [0.25, 0.3) is 0 Å². The molecule has 0 unspecified atom stereocenters. The Balaban J connectivity index is 0.00000110. The summed E-state index contributed by atoms with van der Waals surface area (Å²) in [6.45, 7) is 0. The number of aromatic amines is 1. The van der Waals surface area contributed by atoms with Crippen LogP contribution in [0.25, 0.3) is 21.7 Å². The molecule has 0 saturated carbocycles. The molecule has 0 saturated heterocycles. The summed E-state index contributed by atoms with van der Waals surface area (Å²) in [5.41, 5.74) is 4.36. The van der Waals surface area contributed by atoms with Gasteiger partial charge in [0.2, 0.25) is 0 Å². The highest BCUT2D eigenvalue weighted by atomic mass is 127. The zero-order chi connectivity index (χ0) is 12.1. The summed E-state index contributed by atoms with van der Waals surface area (Å²) in [5.74, 6) is 0. The fraction of sp³-hybridized carbons (Fsp3) is 0.312. The molecule has 0 radical (unpaired) electrons. The van der Waals surface area contributed by atoms with Crippen molar-refractivity contribution in [3.63, 3.8) is 0 Å². The molecule has 1 aliphatic carbocycles. The quantitative estimate of drug-likeness (QED) is 0.429. The summed E-state index contributed by atoms with van der Waals surface area (Å²) in [6.07, 6.45) is 9.43. The van der Waals surface area contributed by atoms with Crippen LogP contribution in [0, 0.1) is 0 Å². The number of halogens is 1. The Bertz CT molecular complexity index is 758. The number of benzene rings is 1. The van der Waals surface area contributed by atoms with Crippen molar-refractivity contribution >= 4 is 21.7 Å². The highest BCUT2D eigenvalue weighted by Gasteiger charge is 2.16. The van der Waals surface area contributed by atoms with Crippen LogP contribution in [0.3, 0.4) is 0 Å². The van der Waals surface area contributed by atoms with Gasteiger partial charge < -0.3 is 29.0 Å². The lowest BCUT2D eigenvalue weighted by molar-refractivity contribution is -0.670. The first-order chi connectivity index (χ1) is 8.83. The average Bonchev–Trinajstić information content (AvgIpc) is 2.77. The SMILES string of the molecule is C[n+]1ccc2c(ccc3c4c([nH]c32)CCCC4)c1.[I-]. The number of H-pyrrole nitrogens is 1. The van der Waals surface area contributed by atoms with Gasteiger partial charge in [-0.25, -0.2) is 4.57 Å². The van der Waals surface area contributed by atoms with Crippen molar-refractivity contribution in [2.45, 2.75) is 25.7 Å². The first kappa shape index (κ1) is 12.9. The molecule has 2 nitrogen and oxygen atoms in total. The molecule has 19 heavy (non-hydrogen) atoms. The first-order valence-electron chi connectivity index (χ1n) is 6.74. The molecule has 2 aromatic heterocycles. The number of hydrogen-bond acceptors (Lipinski definition) is 0. The van der Waals surface area contributed by atoms with Crippen LogP contribution in [0.15, 0.2) is 30.6 Å². The number of nitrogens with zero attached hydrogens (tertiary/aromatic N) is 1. The zero-order valence-corrected chi connectivity index (χ0v) is 13.2. The largest absolute Gasteiger partial charge is 1.00 e. The van der Waals surface area contributed by atoms with Crippen molar-refractivity contribution in [1.82, 2.24) is 4.98 Å². The number of aryl methyl sites for hydroxylation is 3. The zero-order valence-electron chi connectivity index (χ0n) is 11.0. The smallest absolute Gasteiger partial charge is 0.176 e. The highest BCUT2D eigenvalue weighted by molar-refractivity contribution is 6.06. The van der Waals surface area contributed by atoms with E-state index in [1.165, 1.54) is 53.1 Å². The van der Waals surface area contributed by atoms with E-state index in [0.717, 1.165) is 0 Å². The van der Waals surface area contributed by atoms with Gasteiger partial charge >= 0.3 is 0 Å². The number of hydrogen-bond donors (Lipinski definition) is 1. The summed E-state index contributed by atoms with van der Waals surface area (Å²) in [5, 5.41) is 4.09. The van der Waals surface area contributed by atoms with Crippen molar-refractivity contribution in [3.05, 3.63) is 41.9 Å². The molecule has 4 rings (SSSR count). The Morgan fingerprint density at radius 2 is 1.89 bits per heavy atom. The molecule has 3 heteroatoms. The third-order valence-corrected chi connectivity index (χ3v) is 4.17. The fourth-order valence-corrected chi connectivity index (χ4v) is 3.26. The van der Waals surface area contributed by atoms with Gasteiger partial charge in [-0.1, -0.05) is 6.07 Å². The van der Waals surface area contributed by atoms with E-state index in [-0.39, 0.29) is 24.0 Å². The van der Waals surface area contributed by atoms with Crippen LogP contribution < -0.4 is 28.5 Å². The van der Waals surface area contributed by atoms with Gasteiger partial charge in [0, 0.05) is 27.9 Å². The molecule has 0 bridgehead atoms. The molecule has 98 valence electrons. The Hall–Kier alpha value is -1.10. The van der Waals surface area contributed by atoms with Crippen LogP contribution in [-0.2, 0) is 19.9 Å². The lowest BCUT2D eigenvalue weighted by Crippen LogP contribution is -3.00. The van der Waals surface area contributed by atoms with E-state index >= 15 is 0 Å². The maximum atomic E-state index is 3.67. The third-order valence-electron chi connectivity index (χ3n) is 4.17. The van der Waals surface area contributed by atoms with Gasteiger partial charge in [0.1, 0.15) is 7.05 Å². The molecule has 0 amide bonds. The standard InChI is InChI=1S/C16H16N2.HI/c1-18-9-8-12-11(10-18)6-7-14-13-4-2-3-5-15(13)17-16(12)14;/h6-10H,2-5H2,1H3;1H. The van der Waals surface area contributed by atoms with Crippen molar-refractivity contribution in [2.24, 2.45) is 7.05 Å². The Labute approximate surface area is 129 Å². The lowest BCUT2D eigenvalue weighted by atomic mass is 9.95. The minimum atomic E-state index is 0. The van der Waals surface area contributed by atoms with Crippen LogP contribution in [0.1, 0.15) is 24.1 Å². The molecule has 0 atom stereocenters. The van der Waals surface area contributed by atoms with E-state index in [2.05, 4.69) is 47.2 Å². The number of aromatic nitrogens is 2. The van der Waals surface area contributed by atoms with Gasteiger partial charge in [0.05, 0.1) is 5.52 Å². The topological polar surface area (TPSA) is 19.7 Å². The highest BCUT2D eigenvalue weighted by Crippen LogP contribution is 2.32. The first-order valence-corrected chi connectivity index (χ1v) is 6.74. The molecular weight excluding hydrogens is 347 g/mol. The average molecular weight is 364 g/mol. The van der Waals surface area contributed by atoms with Crippen LogP contribution in [0.2, 0.25) is 0 Å². The second-order valence-corrected chi connectivity index (χ2v) is 5.39. The summed E-state index contributed by atoms with van der Waals surface area (Å²) in [6, 6.07) is 6.76. The summed E-state index contributed by atoms with van der Waals surface area (Å²) >= 11 is 0. The molecule has 1 aromatic carbocycles. The Kier molecular flexibility index (Phi) is 3.25. The second kappa shape index (κ2) is 4.78. The molecule has 2 heterocycles. The second-order valence-electron chi connectivity index (χ2n) is 5.39. The maximum absolute atomic E-state index is 3.67.